The summed E-state index contributed by atoms with van der Waals surface area (Å²) in [4.78, 5) is 17.6. The summed E-state index contributed by atoms with van der Waals surface area (Å²) in [5.41, 5.74) is 1.84. The van der Waals surface area contributed by atoms with Crippen molar-refractivity contribution in [2.45, 2.75) is 11.3 Å². The van der Waals surface area contributed by atoms with Gasteiger partial charge in [0, 0.05) is 64.1 Å². The SMILES string of the molecule is CN1CCN(S(=O)(=O)c2ccc(N3CCCN(c4ccc(C#N)cc4)CC3)c([N+](=O)[O-])c2)CC1. The van der Waals surface area contributed by atoms with Gasteiger partial charge in [-0.15, -0.1) is 0 Å². The highest BCUT2D eigenvalue weighted by Crippen LogP contribution is 2.33. The Labute approximate surface area is 199 Å². The van der Waals surface area contributed by atoms with E-state index in [0.717, 1.165) is 18.7 Å². The van der Waals surface area contributed by atoms with Gasteiger partial charge in [0.25, 0.3) is 5.69 Å². The first kappa shape index (κ1) is 23.9. The molecule has 0 saturated carbocycles. The highest BCUT2D eigenvalue weighted by atomic mass is 32.2. The fraction of sp³-hybridized carbons (Fsp3) is 0.435. The quantitative estimate of drug-likeness (QED) is 0.468. The van der Waals surface area contributed by atoms with E-state index in [1.807, 2.05) is 24.1 Å². The molecule has 2 aliphatic heterocycles. The molecular weight excluding hydrogens is 456 g/mol. The highest BCUT2D eigenvalue weighted by molar-refractivity contribution is 7.89. The molecule has 0 spiro atoms. The maximum absolute atomic E-state index is 13.1. The van der Waals surface area contributed by atoms with Crippen molar-refractivity contribution in [3.63, 3.8) is 0 Å². The molecule has 0 amide bonds. The Morgan fingerprint density at radius 2 is 1.56 bits per heavy atom. The van der Waals surface area contributed by atoms with E-state index >= 15 is 0 Å². The minimum Gasteiger partial charge on any atom is -0.370 e. The summed E-state index contributed by atoms with van der Waals surface area (Å²) < 4.78 is 27.6. The van der Waals surface area contributed by atoms with Gasteiger partial charge in [-0.3, -0.25) is 10.1 Å². The molecule has 4 rings (SSSR count). The fourth-order valence-electron chi connectivity index (χ4n) is 4.42. The zero-order chi connectivity index (χ0) is 24.3. The molecular formula is C23H28N6O4S. The molecule has 2 saturated heterocycles. The number of benzene rings is 2. The third kappa shape index (κ3) is 4.99. The first-order chi connectivity index (χ1) is 16.3. The number of nitro groups is 1. The molecule has 0 aliphatic carbocycles. The van der Waals surface area contributed by atoms with E-state index < -0.39 is 14.9 Å². The zero-order valence-corrected chi connectivity index (χ0v) is 19.9. The fourth-order valence-corrected chi connectivity index (χ4v) is 5.86. The minimum absolute atomic E-state index is 0.0402. The smallest absolute Gasteiger partial charge is 0.293 e. The lowest BCUT2D eigenvalue weighted by atomic mass is 10.2. The molecule has 2 aromatic carbocycles. The zero-order valence-electron chi connectivity index (χ0n) is 19.1. The number of sulfonamides is 1. The molecule has 2 aliphatic rings. The Bertz CT molecular complexity index is 1190. The lowest BCUT2D eigenvalue weighted by Crippen LogP contribution is -2.47. The summed E-state index contributed by atoms with van der Waals surface area (Å²) >= 11 is 0. The topological polar surface area (TPSA) is 114 Å². The average Bonchev–Trinajstić information content (AvgIpc) is 3.10. The molecule has 0 N–H and O–H groups in total. The third-order valence-electron chi connectivity index (χ3n) is 6.44. The molecule has 2 heterocycles. The standard InChI is InChI=1S/C23H28N6O4S/c1-25-11-15-28(16-12-25)34(32,33)21-7-8-22(23(17-21)29(30)31)27-10-2-9-26(13-14-27)20-5-3-19(18-24)4-6-20/h3-8,17H,2,9-16H2,1H3. The van der Waals surface area contributed by atoms with E-state index in [1.165, 1.54) is 16.4 Å². The second kappa shape index (κ2) is 9.97. The van der Waals surface area contributed by atoms with Gasteiger partial charge in [0.15, 0.2) is 0 Å². The predicted molar refractivity (Wildman–Crippen MR) is 130 cm³/mol. The predicted octanol–water partition coefficient (Wildman–Crippen LogP) is 2.12. The molecule has 2 aromatic rings. The van der Waals surface area contributed by atoms with Crippen LogP contribution in [0.3, 0.4) is 0 Å². The van der Waals surface area contributed by atoms with Gasteiger partial charge in [0.1, 0.15) is 5.69 Å². The maximum atomic E-state index is 13.1. The Hall–Kier alpha value is -3.20. The number of nitrogens with zero attached hydrogens (tertiary/aromatic N) is 6. The molecule has 0 aromatic heterocycles. The summed E-state index contributed by atoms with van der Waals surface area (Å²) in [5.74, 6) is 0. The summed E-state index contributed by atoms with van der Waals surface area (Å²) in [7, 11) is -1.86. The van der Waals surface area contributed by atoms with E-state index in [9.17, 15) is 18.5 Å². The first-order valence-corrected chi connectivity index (χ1v) is 12.7. The van der Waals surface area contributed by atoms with Crippen molar-refractivity contribution >= 4 is 27.1 Å². The monoisotopic (exact) mass is 484 g/mol. The number of hydrogen-bond donors (Lipinski definition) is 0. The van der Waals surface area contributed by atoms with Gasteiger partial charge in [-0.1, -0.05) is 0 Å². The van der Waals surface area contributed by atoms with Crippen molar-refractivity contribution in [2.24, 2.45) is 0 Å². The van der Waals surface area contributed by atoms with Gasteiger partial charge >= 0.3 is 0 Å². The van der Waals surface area contributed by atoms with Crippen molar-refractivity contribution in [1.82, 2.24) is 9.21 Å². The molecule has 0 radical (unpaired) electrons. The number of nitro benzene ring substituents is 1. The van der Waals surface area contributed by atoms with Crippen LogP contribution in [-0.4, -0.2) is 82.0 Å². The van der Waals surface area contributed by atoms with Gasteiger partial charge in [0.2, 0.25) is 10.0 Å². The Morgan fingerprint density at radius 3 is 2.21 bits per heavy atom. The Balaban J connectivity index is 1.54. The number of nitriles is 1. The van der Waals surface area contributed by atoms with Crippen molar-refractivity contribution < 1.29 is 13.3 Å². The van der Waals surface area contributed by atoms with Crippen LogP contribution in [0.5, 0.6) is 0 Å². The van der Waals surface area contributed by atoms with Crippen LogP contribution in [0.15, 0.2) is 47.4 Å². The Kier molecular flexibility index (Phi) is 7.02. The third-order valence-corrected chi connectivity index (χ3v) is 8.34. The van der Waals surface area contributed by atoms with E-state index in [-0.39, 0.29) is 10.6 Å². The normalized spacial score (nSPS) is 18.4. The van der Waals surface area contributed by atoms with Crippen LogP contribution in [0, 0.1) is 21.4 Å². The van der Waals surface area contributed by atoms with Gasteiger partial charge < -0.3 is 14.7 Å². The number of anilines is 2. The number of piperazine rings is 1. The van der Waals surface area contributed by atoms with E-state index in [4.69, 9.17) is 5.26 Å². The van der Waals surface area contributed by atoms with Crippen LogP contribution < -0.4 is 9.80 Å². The molecule has 10 nitrogen and oxygen atoms in total. The van der Waals surface area contributed by atoms with Crippen molar-refractivity contribution in [2.75, 3.05) is 69.2 Å². The van der Waals surface area contributed by atoms with E-state index in [2.05, 4.69) is 15.9 Å². The summed E-state index contributed by atoms with van der Waals surface area (Å²) in [6.45, 7) is 4.61. The molecule has 11 heteroatoms. The number of likely N-dealkylation sites (N-methyl/N-ethyl adjacent to an activating group) is 1. The minimum atomic E-state index is -3.79. The number of rotatable bonds is 5. The molecule has 0 atom stereocenters. The van der Waals surface area contributed by atoms with Crippen LogP contribution in [-0.2, 0) is 10.0 Å². The van der Waals surface area contributed by atoms with Crippen LogP contribution in [0.2, 0.25) is 0 Å². The van der Waals surface area contributed by atoms with Crippen LogP contribution in [0.1, 0.15) is 12.0 Å². The van der Waals surface area contributed by atoms with Crippen molar-refractivity contribution in [3.8, 4) is 6.07 Å². The van der Waals surface area contributed by atoms with Gasteiger partial charge in [-0.25, -0.2) is 8.42 Å². The van der Waals surface area contributed by atoms with Gasteiger partial charge in [-0.2, -0.15) is 9.57 Å². The second-order valence-corrected chi connectivity index (χ2v) is 10.5. The molecule has 0 unspecified atom stereocenters. The largest absolute Gasteiger partial charge is 0.370 e. The van der Waals surface area contributed by atoms with Crippen molar-refractivity contribution in [1.29, 1.82) is 5.26 Å². The first-order valence-electron chi connectivity index (χ1n) is 11.3. The van der Waals surface area contributed by atoms with E-state index in [1.54, 1.807) is 18.2 Å². The highest BCUT2D eigenvalue weighted by Gasteiger charge is 2.31. The molecule has 180 valence electrons. The van der Waals surface area contributed by atoms with Crippen LogP contribution in [0.25, 0.3) is 0 Å². The molecule has 34 heavy (non-hydrogen) atoms. The van der Waals surface area contributed by atoms with Crippen molar-refractivity contribution in [3.05, 3.63) is 58.1 Å². The van der Waals surface area contributed by atoms with Gasteiger partial charge in [0.05, 0.1) is 21.5 Å². The van der Waals surface area contributed by atoms with Crippen LogP contribution >= 0.6 is 0 Å². The average molecular weight is 485 g/mol. The lowest BCUT2D eigenvalue weighted by molar-refractivity contribution is -0.384. The molecule has 2 fully saturated rings. The van der Waals surface area contributed by atoms with Gasteiger partial charge in [-0.05, 0) is 49.9 Å². The second-order valence-electron chi connectivity index (χ2n) is 8.60. The van der Waals surface area contributed by atoms with E-state index in [0.29, 0.717) is 57.1 Å². The number of hydrogen-bond acceptors (Lipinski definition) is 8. The lowest BCUT2D eigenvalue weighted by Gasteiger charge is -2.31. The molecule has 0 bridgehead atoms. The summed E-state index contributed by atoms with van der Waals surface area (Å²) in [6.07, 6.45) is 0.790. The summed E-state index contributed by atoms with van der Waals surface area (Å²) in [5, 5.41) is 20.9. The van der Waals surface area contributed by atoms with Crippen LogP contribution in [0.4, 0.5) is 17.1 Å². The summed E-state index contributed by atoms with van der Waals surface area (Å²) in [6, 6.07) is 13.8. The Morgan fingerprint density at radius 1 is 0.912 bits per heavy atom. The maximum Gasteiger partial charge on any atom is 0.293 e.